The molecule has 0 aliphatic carbocycles. The molecule has 7 nitrogen and oxygen atoms in total. The molecule has 9 heteroatoms. The van der Waals surface area contributed by atoms with Gasteiger partial charge in [-0.1, -0.05) is 66.2 Å². The van der Waals surface area contributed by atoms with Crippen molar-refractivity contribution < 1.29 is 18.0 Å². The number of hydrogen-bond acceptors (Lipinski definition) is 4. The summed E-state index contributed by atoms with van der Waals surface area (Å²) < 4.78 is 26.6. The zero-order chi connectivity index (χ0) is 30.2. The van der Waals surface area contributed by atoms with Gasteiger partial charge in [0.1, 0.15) is 6.04 Å². The Kier molecular flexibility index (Phi) is 11.0. The van der Waals surface area contributed by atoms with Crippen molar-refractivity contribution in [3.63, 3.8) is 0 Å². The Bertz CT molecular complexity index is 1420. The second-order valence-electron chi connectivity index (χ2n) is 11.4. The Hall–Kier alpha value is -3.36. The van der Waals surface area contributed by atoms with E-state index < -0.39 is 21.6 Å². The average Bonchev–Trinajstić information content (AvgIpc) is 2.88. The molecule has 220 valence electrons. The number of carbonyl (C=O) groups is 2. The molecule has 0 unspecified atom stereocenters. The van der Waals surface area contributed by atoms with Gasteiger partial charge < -0.3 is 10.2 Å². The number of anilines is 1. The Labute approximate surface area is 249 Å². The molecular formula is C32H40ClN3O4S. The SMILES string of the molecule is Cc1cccc(N(CCCC(=O)N(Cc2ccc(Cl)cc2)[C@H](Cc2ccccc2)C(=O)NC(C)(C)C)S(C)(=O)=O)c1. The maximum Gasteiger partial charge on any atom is 0.243 e. The van der Waals surface area contributed by atoms with Gasteiger partial charge in [-0.25, -0.2) is 8.42 Å². The van der Waals surface area contributed by atoms with E-state index in [1.54, 1.807) is 23.1 Å². The van der Waals surface area contributed by atoms with Crippen LogP contribution in [-0.4, -0.2) is 49.5 Å². The summed E-state index contributed by atoms with van der Waals surface area (Å²) in [4.78, 5) is 29.2. The zero-order valence-corrected chi connectivity index (χ0v) is 26.0. The van der Waals surface area contributed by atoms with Crippen molar-refractivity contribution in [3.05, 3.63) is 101 Å². The van der Waals surface area contributed by atoms with Crippen LogP contribution in [0.15, 0.2) is 78.9 Å². The highest BCUT2D eigenvalue weighted by Crippen LogP contribution is 2.22. The van der Waals surface area contributed by atoms with Crippen molar-refractivity contribution >= 4 is 39.1 Å². The molecule has 0 radical (unpaired) electrons. The van der Waals surface area contributed by atoms with E-state index in [1.807, 2.05) is 88.4 Å². The van der Waals surface area contributed by atoms with Gasteiger partial charge in [-0.15, -0.1) is 0 Å². The Morgan fingerprint density at radius 1 is 0.927 bits per heavy atom. The van der Waals surface area contributed by atoms with Crippen LogP contribution in [0.25, 0.3) is 0 Å². The molecule has 2 amide bonds. The first kappa shape index (κ1) is 32.2. The van der Waals surface area contributed by atoms with Crippen molar-refractivity contribution in [3.8, 4) is 0 Å². The maximum absolute atomic E-state index is 13.9. The predicted octanol–water partition coefficient (Wildman–Crippen LogP) is 5.75. The number of amides is 2. The van der Waals surface area contributed by atoms with Gasteiger partial charge in [-0.2, -0.15) is 0 Å². The van der Waals surface area contributed by atoms with Crippen molar-refractivity contribution in [2.75, 3.05) is 17.1 Å². The van der Waals surface area contributed by atoms with E-state index >= 15 is 0 Å². The molecule has 3 aromatic carbocycles. The summed E-state index contributed by atoms with van der Waals surface area (Å²) in [7, 11) is -3.56. The largest absolute Gasteiger partial charge is 0.350 e. The number of aryl methyl sites for hydroxylation is 1. The first-order valence-corrected chi connectivity index (χ1v) is 15.9. The van der Waals surface area contributed by atoms with Crippen LogP contribution in [0.3, 0.4) is 0 Å². The molecule has 0 fully saturated rings. The highest BCUT2D eigenvalue weighted by Gasteiger charge is 2.32. The molecule has 0 aromatic heterocycles. The maximum atomic E-state index is 13.9. The van der Waals surface area contributed by atoms with Gasteiger partial charge in [-0.3, -0.25) is 13.9 Å². The van der Waals surface area contributed by atoms with E-state index in [0.717, 1.165) is 22.9 Å². The number of nitrogens with zero attached hydrogens (tertiary/aromatic N) is 2. The molecule has 3 rings (SSSR count). The van der Waals surface area contributed by atoms with Gasteiger partial charge in [-0.05, 0) is 75.1 Å². The van der Waals surface area contributed by atoms with E-state index in [-0.39, 0.29) is 37.7 Å². The zero-order valence-electron chi connectivity index (χ0n) is 24.4. The normalized spacial score (nSPS) is 12.4. The third-order valence-electron chi connectivity index (χ3n) is 6.48. The van der Waals surface area contributed by atoms with E-state index in [2.05, 4.69) is 5.32 Å². The fraction of sp³-hybridized carbons (Fsp3) is 0.375. The van der Waals surface area contributed by atoms with E-state index in [4.69, 9.17) is 11.6 Å². The van der Waals surface area contributed by atoms with Crippen LogP contribution in [-0.2, 0) is 32.6 Å². The molecule has 1 N–H and O–H groups in total. The van der Waals surface area contributed by atoms with Crippen molar-refractivity contribution in [2.45, 2.75) is 65.1 Å². The minimum Gasteiger partial charge on any atom is -0.350 e. The number of carbonyl (C=O) groups excluding carboxylic acids is 2. The van der Waals surface area contributed by atoms with Crippen LogP contribution in [0.2, 0.25) is 5.02 Å². The third-order valence-corrected chi connectivity index (χ3v) is 7.92. The molecule has 0 saturated heterocycles. The molecule has 0 saturated carbocycles. The monoisotopic (exact) mass is 597 g/mol. The second kappa shape index (κ2) is 14.0. The number of halogens is 1. The van der Waals surface area contributed by atoms with E-state index in [9.17, 15) is 18.0 Å². The van der Waals surface area contributed by atoms with Gasteiger partial charge in [0.05, 0.1) is 11.9 Å². The fourth-order valence-corrected chi connectivity index (χ4v) is 5.66. The Balaban J connectivity index is 1.90. The van der Waals surface area contributed by atoms with Crippen molar-refractivity contribution in [1.82, 2.24) is 10.2 Å². The van der Waals surface area contributed by atoms with Gasteiger partial charge >= 0.3 is 0 Å². The van der Waals surface area contributed by atoms with Gasteiger partial charge in [0.2, 0.25) is 21.8 Å². The summed E-state index contributed by atoms with van der Waals surface area (Å²) in [5, 5.41) is 3.63. The molecule has 0 heterocycles. The lowest BCUT2D eigenvalue weighted by Crippen LogP contribution is -2.54. The standard InChI is InChI=1S/C32H40ClN3O4S/c1-24-11-9-14-28(21-24)36(41(5,39)40)20-10-15-30(37)35(23-26-16-18-27(33)19-17-26)29(31(38)34-32(2,3)4)22-25-12-7-6-8-13-25/h6-9,11-14,16-19,21,29H,10,15,20,22-23H2,1-5H3,(H,34,38)/t29-/m1/s1. The number of hydrogen-bond donors (Lipinski definition) is 1. The predicted molar refractivity (Wildman–Crippen MR) is 166 cm³/mol. The summed E-state index contributed by atoms with van der Waals surface area (Å²) >= 11 is 6.10. The quantitative estimate of drug-likeness (QED) is 0.288. The first-order valence-electron chi connectivity index (χ1n) is 13.7. The molecule has 3 aromatic rings. The molecule has 0 bridgehead atoms. The number of sulfonamides is 1. The molecule has 0 spiro atoms. The number of rotatable bonds is 12. The van der Waals surface area contributed by atoms with Crippen LogP contribution in [0.1, 0.15) is 50.3 Å². The van der Waals surface area contributed by atoms with Crippen LogP contribution in [0.5, 0.6) is 0 Å². The van der Waals surface area contributed by atoms with Crippen LogP contribution < -0.4 is 9.62 Å². The summed E-state index contributed by atoms with van der Waals surface area (Å²) in [6.07, 6.45) is 1.85. The van der Waals surface area contributed by atoms with Gasteiger partial charge in [0.15, 0.2) is 0 Å². The van der Waals surface area contributed by atoms with Crippen LogP contribution in [0, 0.1) is 6.92 Å². The molecule has 0 aliphatic heterocycles. The van der Waals surface area contributed by atoms with E-state index in [0.29, 0.717) is 17.1 Å². The lowest BCUT2D eigenvalue weighted by molar-refractivity contribution is -0.142. The van der Waals surface area contributed by atoms with Gasteiger partial charge in [0, 0.05) is 36.5 Å². The molecule has 0 aliphatic rings. The third kappa shape index (κ3) is 10.2. The molecule has 1 atom stereocenters. The van der Waals surface area contributed by atoms with Crippen LogP contribution >= 0.6 is 11.6 Å². The van der Waals surface area contributed by atoms with Crippen molar-refractivity contribution in [2.24, 2.45) is 0 Å². The lowest BCUT2D eigenvalue weighted by atomic mass is 10.00. The Morgan fingerprint density at radius 2 is 1.59 bits per heavy atom. The Morgan fingerprint density at radius 3 is 2.17 bits per heavy atom. The summed E-state index contributed by atoms with van der Waals surface area (Å²) in [5.41, 5.74) is 2.77. The summed E-state index contributed by atoms with van der Waals surface area (Å²) in [6.45, 7) is 7.96. The smallest absolute Gasteiger partial charge is 0.243 e. The summed E-state index contributed by atoms with van der Waals surface area (Å²) in [6, 6.07) is 23.3. The number of benzene rings is 3. The minimum atomic E-state index is -3.56. The van der Waals surface area contributed by atoms with Gasteiger partial charge in [0.25, 0.3) is 0 Å². The topological polar surface area (TPSA) is 86.8 Å². The fourth-order valence-electron chi connectivity index (χ4n) is 4.58. The highest BCUT2D eigenvalue weighted by atomic mass is 35.5. The molecular weight excluding hydrogens is 558 g/mol. The summed E-state index contributed by atoms with van der Waals surface area (Å²) in [5.74, 6) is -0.483. The van der Waals surface area contributed by atoms with Crippen LogP contribution in [0.4, 0.5) is 5.69 Å². The first-order chi connectivity index (χ1) is 19.2. The number of nitrogens with one attached hydrogen (secondary N) is 1. The van der Waals surface area contributed by atoms with Crippen molar-refractivity contribution in [1.29, 1.82) is 0 Å². The molecule has 41 heavy (non-hydrogen) atoms. The van der Waals surface area contributed by atoms with E-state index in [1.165, 1.54) is 4.31 Å². The minimum absolute atomic E-state index is 0.0690. The lowest BCUT2D eigenvalue weighted by Gasteiger charge is -2.34. The second-order valence-corrected chi connectivity index (χ2v) is 13.7. The highest BCUT2D eigenvalue weighted by molar-refractivity contribution is 7.92. The average molecular weight is 598 g/mol.